The molecule has 0 fully saturated rings. The number of benzene rings is 2. The van der Waals surface area contributed by atoms with Crippen molar-refractivity contribution in [2.75, 3.05) is 5.75 Å². The van der Waals surface area contributed by atoms with Crippen LogP contribution in [0.2, 0.25) is 0 Å². The minimum atomic E-state index is -3.38. The molecule has 0 aliphatic rings. The second-order valence-corrected chi connectivity index (χ2v) is 7.66. The lowest BCUT2D eigenvalue weighted by Crippen LogP contribution is -2.22. The standard InChI is InChI=1S/C17H21NO2S/c1-12-4-6-16(7-5-12)21(19,20)11-17(18)15-9-13(2)8-14(3)10-15/h4-10,17H,11,18H2,1-3H3. The number of hydrogen-bond donors (Lipinski definition) is 1. The number of aryl methyl sites for hydroxylation is 3. The van der Waals surface area contributed by atoms with Crippen molar-refractivity contribution >= 4 is 9.84 Å². The third kappa shape index (κ3) is 3.93. The minimum Gasteiger partial charge on any atom is -0.323 e. The van der Waals surface area contributed by atoms with Gasteiger partial charge in [0.1, 0.15) is 0 Å². The van der Waals surface area contributed by atoms with Crippen molar-refractivity contribution < 1.29 is 8.42 Å². The van der Waals surface area contributed by atoms with E-state index in [4.69, 9.17) is 5.73 Å². The largest absolute Gasteiger partial charge is 0.323 e. The van der Waals surface area contributed by atoms with Crippen LogP contribution in [0.4, 0.5) is 0 Å². The number of sulfone groups is 1. The fraction of sp³-hybridized carbons (Fsp3) is 0.294. The monoisotopic (exact) mass is 303 g/mol. The quantitative estimate of drug-likeness (QED) is 0.944. The van der Waals surface area contributed by atoms with Gasteiger partial charge in [0.05, 0.1) is 10.6 Å². The van der Waals surface area contributed by atoms with Crippen molar-refractivity contribution in [3.8, 4) is 0 Å². The van der Waals surface area contributed by atoms with Crippen molar-refractivity contribution in [2.24, 2.45) is 5.73 Å². The molecule has 0 amide bonds. The molecule has 2 aromatic carbocycles. The Morgan fingerprint density at radius 1 is 0.905 bits per heavy atom. The Balaban J connectivity index is 2.25. The van der Waals surface area contributed by atoms with Gasteiger partial charge in [-0.15, -0.1) is 0 Å². The Labute approximate surface area is 126 Å². The van der Waals surface area contributed by atoms with Gasteiger partial charge in [-0.1, -0.05) is 47.0 Å². The van der Waals surface area contributed by atoms with E-state index in [1.165, 1.54) is 0 Å². The molecule has 4 heteroatoms. The Morgan fingerprint density at radius 3 is 1.95 bits per heavy atom. The van der Waals surface area contributed by atoms with Crippen molar-refractivity contribution in [3.05, 3.63) is 64.7 Å². The molecule has 0 aliphatic carbocycles. The Bertz CT molecular complexity index is 714. The van der Waals surface area contributed by atoms with Crippen LogP contribution in [0.15, 0.2) is 47.4 Å². The molecule has 0 heterocycles. The summed E-state index contributed by atoms with van der Waals surface area (Å²) in [6.07, 6.45) is 0. The fourth-order valence-electron chi connectivity index (χ4n) is 2.40. The van der Waals surface area contributed by atoms with Crippen LogP contribution in [0.25, 0.3) is 0 Å². The molecule has 0 saturated carbocycles. The molecule has 2 N–H and O–H groups in total. The predicted octanol–water partition coefficient (Wildman–Crippen LogP) is 3.09. The molecule has 1 atom stereocenters. The third-order valence-corrected chi connectivity index (χ3v) is 5.24. The molecule has 1 unspecified atom stereocenters. The van der Waals surface area contributed by atoms with Gasteiger partial charge in [0, 0.05) is 6.04 Å². The van der Waals surface area contributed by atoms with Crippen LogP contribution in [0.1, 0.15) is 28.3 Å². The molecule has 0 bridgehead atoms. The van der Waals surface area contributed by atoms with Gasteiger partial charge in [0.15, 0.2) is 9.84 Å². The number of rotatable bonds is 4. The summed E-state index contributed by atoms with van der Waals surface area (Å²) in [5.41, 5.74) is 10.2. The second kappa shape index (κ2) is 6.00. The predicted molar refractivity (Wildman–Crippen MR) is 86.1 cm³/mol. The molecule has 0 spiro atoms. The average Bonchev–Trinajstić information content (AvgIpc) is 2.37. The van der Waals surface area contributed by atoms with E-state index in [0.717, 1.165) is 22.3 Å². The SMILES string of the molecule is Cc1ccc(S(=O)(=O)CC(N)c2cc(C)cc(C)c2)cc1. The molecular formula is C17H21NO2S. The minimum absolute atomic E-state index is 0.0844. The van der Waals surface area contributed by atoms with Crippen LogP contribution >= 0.6 is 0 Å². The molecule has 112 valence electrons. The molecule has 2 rings (SSSR count). The van der Waals surface area contributed by atoms with E-state index in [1.54, 1.807) is 24.3 Å². The Morgan fingerprint density at radius 2 is 1.43 bits per heavy atom. The molecule has 0 saturated heterocycles. The molecule has 0 aliphatic heterocycles. The summed E-state index contributed by atoms with van der Waals surface area (Å²) in [7, 11) is -3.38. The first kappa shape index (κ1) is 15.7. The molecule has 2 aromatic rings. The van der Waals surface area contributed by atoms with Crippen LogP contribution in [-0.4, -0.2) is 14.2 Å². The van der Waals surface area contributed by atoms with Crippen LogP contribution < -0.4 is 5.73 Å². The van der Waals surface area contributed by atoms with E-state index >= 15 is 0 Å². The highest BCUT2D eigenvalue weighted by atomic mass is 32.2. The second-order valence-electron chi connectivity index (χ2n) is 5.62. The summed E-state index contributed by atoms with van der Waals surface area (Å²) in [4.78, 5) is 0.327. The Hall–Kier alpha value is -1.65. The maximum atomic E-state index is 12.4. The molecule has 21 heavy (non-hydrogen) atoms. The van der Waals surface area contributed by atoms with Crippen molar-refractivity contribution in [2.45, 2.75) is 31.7 Å². The zero-order valence-electron chi connectivity index (χ0n) is 12.6. The van der Waals surface area contributed by atoms with E-state index in [1.807, 2.05) is 39.0 Å². The normalized spacial score (nSPS) is 13.1. The maximum Gasteiger partial charge on any atom is 0.180 e. The molecule has 0 radical (unpaired) electrons. The lowest BCUT2D eigenvalue weighted by molar-refractivity contribution is 0.589. The van der Waals surface area contributed by atoms with Gasteiger partial charge in [0.2, 0.25) is 0 Å². The van der Waals surface area contributed by atoms with Gasteiger partial charge in [-0.2, -0.15) is 0 Å². The van der Waals surface area contributed by atoms with Gasteiger partial charge >= 0.3 is 0 Å². The van der Waals surface area contributed by atoms with Gasteiger partial charge in [-0.25, -0.2) is 8.42 Å². The van der Waals surface area contributed by atoms with Gasteiger partial charge in [0.25, 0.3) is 0 Å². The van der Waals surface area contributed by atoms with Crippen molar-refractivity contribution in [3.63, 3.8) is 0 Å². The smallest absolute Gasteiger partial charge is 0.180 e. The summed E-state index contributed by atoms with van der Waals surface area (Å²) >= 11 is 0. The zero-order chi connectivity index (χ0) is 15.6. The first-order valence-electron chi connectivity index (χ1n) is 6.91. The van der Waals surface area contributed by atoms with Crippen molar-refractivity contribution in [1.82, 2.24) is 0 Å². The molecule has 3 nitrogen and oxygen atoms in total. The maximum absolute atomic E-state index is 12.4. The van der Waals surface area contributed by atoms with E-state index in [0.29, 0.717) is 4.90 Å². The van der Waals surface area contributed by atoms with Crippen LogP contribution in [0, 0.1) is 20.8 Å². The van der Waals surface area contributed by atoms with E-state index in [-0.39, 0.29) is 5.75 Å². The highest BCUT2D eigenvalue weighted by molar-refractivity contribution is 7.91. The first-order valence-corrected chi connectivity index (χ1v) is 8.56. The molecular weight excluding hydrogens is 282 g/mol. The summed E-state index contributed by atoms with van der Waals surface area (Å²) in [5, 5.41) is 0. The number of nitrogens with two attached hydrogens (primary N) is 1. The van der Waals surface area contributed by atoms with Crippen LogP contribution in [0.5, 0.6) is 0 Å². The third-order valence-electron chi connectivity index (χ3n) is 3.45. The zero-order valence-corrected chi connectivity index (χ0v) is 13.4. The van der Waals surface area contributed by atoms with E-state index in [2.05, 4.69) is 0 Å². The highest BCUT2D eigenvalue weighted by Gasteiger charge is 2.20. The topological polar surface area (TPSA) is 60.2 Å². The van der Waals surface area contributed by atoms with Gasteiger partial charge < -0.3 is 5.73 Å². The first-order chi connectivity index (χ1) is 9.78. The van der Waals surface area contributed by atoms with Gasteiger partial charge in [-0.3, -0.25) is 0 Å². The highest BCUT2D eigenvalue weighted by Crippen LogP contribution is 2.20. The summed E-state index contributed by atoms with van der Waals surface area (Å²) < 4.78 is 24.8. The Kier molecular flexibility index (Phi) is 4.49. The van der Waals surface area contributed by atoms with Gasteiger partial charge in [-0.05, 0) is 38.5 Å². The molecule has 0 aromatic heterocycles. The lowest BCUT2D eigenvalue weighted by Gasteiger charge is -2.14. The summed E-state index contributed by atoms with van der Waals surface area (Å²) in [6, 6.07) is 12.3. The lowest BCUT2D eigenvalue weighted by atomic mass is 10.0. The van der Waals surface area contributed by atoms with Crippen molar-refractivity contribution in [1.29, 1.82) is 0 Å². The van der Waals surface area contributed by atoms with E-state index < -0.39 is 15.9 Å². The summed E-state index contributed by atoms with van der Waals surface area (Å²) in [6.45, 7) is 5.90. The average molecular weight is 303 g/mol. The van der Waals surface area contributed by atoms with E-state index in [9.17, 15) is 8.42 Å². The summed E-state index contributed by atoms with van der Waals surface area (Å²) in [5.74, 6) is -0.0844. The number of hydrogen-bond acceptors (Lipinski definition) is 3. The fourth-order valence-corrected chi connectivity index (χ4v) is 3.81. The van der Waals surface area contributed by atoms with Crippen LogP contribution in [0.3, 0.4) is 0 Å². The van der Waals surface area contributed by atoms with Crippen LogP contribution in [-0.2, 0) is 9.84 Å².